The Morgan fingerprint density at radius 2 is 1.86 bits per heavy atom. The molecule has 0 aliphatic carbocycles. The van der Waals surface area contributed by atoms with Crippen LogP contribution in [0, 0.1) is 6.92 Å². The number of nitrogens with one attached hydrogen (secondary N) is 2. The highest BCUT2D eigenvalue weighted by Gasteiger charge is 2.07. The first-order chi connectivity index (χ1) is 9.95. The summed E-state index contributed by atoms with van der Waals surface area (Å²) in [5.41, 5.74) is 2.51. The zero-order chi connectivity index (χ0) is 15.4. The predicted octanol–water partition coefficient (Wildman–Crippen LogP) is 5.11. The van der Waals surface area contributed by atoms with Crippen molar-refractivity contribution in [2.24, 2.45) is 0 Å². The van der Waals surface area contributed by atoms with Crippen LogP contribution in [0.3, 0.4) is 0 Å². The predicted molar refractivity (Wildman–Crippen MR) is 92.5 cm³/mol. The molecule has 0 fully saturated rings. The van der Waals surface area contributed by atoms with E-state index in [9.17, 15) is 4.79 Å². The maximum atomic E-state index is 11.9. The second-order valence-corrected chi connectivity index (χ2v) is 6.21. The Bertz CT molecular complexity index is 677. The first kappa shape index (κ1) is 16.1. The van der Waals surface area contributed by atoms with E-state index < -0.39 is 0 Å². The number of carbonyl (C=O) groups excluding carboxylic acids is 1. The van der Waals surface area contributed by atoms with Gasteiger partial charge in [0.05, 0.1) is 22.9 Å². The van der Waals surface area contributed by atoms with Crippen LogP contribution in [0.5, 0.6) is 0 Å². The van der Waals surface area contributed by atoms with Crippen LogP contribution in [-0.2, 0) is 4.79 Å². The van der Waals surface area contributed by atoms with Crippen molar-refractivity contribution in [2.75, 3.05) is 17.2 Å². The molecule has 0 aliphatic heterocycles. The number of hydrogen-bond donors (Lipinski definition) is 2. The summed E-state index contributed by atoms with van der Waals surface area (Å²) in [5, 5.41) is 6.83. The van der Waals surface area contributed by atoms with Crippen molar-refractivity contribution in [2.45, 2.75) is 6.92 Å². The van der Waals surface area contributed by atoms with E-state index in [1.807, 2.05) is 25.1 Å². The second kappa shape index (κ2) is 7.16. The van der Waals surface area contributed by atoms with Crippen molar-refractivity contribution in [3.8, 4) is 0 Å². The maximum Gasteiger partial charge on any atom is 0.243 e. The molecule has 2 N–H and O–H groups in total. The Kier molecular flexibility index (Phi) is 5.51. The largest absolute Gasteiger partial charge is 0.375 e. The van der Waals surface area contributed by atoms with Crippen molar-refractivity contribution in [1.29, 1.82) is 0 Å². The van der Waals surface area contributed by atoms with E-state index in [1.165, 1.54) is 0 Å². The monoisotopic (exact) mass is 386 g/mol. The van der Waals surface area contributed by atoms with Gasteiger partial charge in [0.2, 0.25) is 5.91 Å². The first-order valence-corrected chi connectivity index (χ1v) is 7.75. The third-order valence-electron chi connectivity index (χ3n) is 2.77. The molecule has 2 aromatic rings. The van der Waals surface area contributed by atoms with Crippen molar-refractivity contribution >= 4 is 56.4 Å². The van der Waals surface area contributed by atoms with Gasteiger partial charge in [0.1, 0.15) is 0 Å². The topological polar surface area (TPSA) is 41.1 Å². The number of amides is 1. The highest BCUT2D eigenvalue weighted by atomic mass is 79.9. The molecule has 0 atom stereocenters. The molecule has 0 aliphatic rings. The van der Waals surface area contributed by atoms with Gasteiger partial charge in [0, 0.05) is 9.50 Å². The lowest BCUT2D eigenvalue weighted by molar-refractivity contribution is -0.114. The minimum Gasteiger partial charge on any atom is -0.375 e. The minimum absolute atomic E-state index is 0.113. The third kappa shape index (κ3) is 4.63. The van der Waals surface area contributed by atoms with Crippen LogP contribution < -0.4 is 10.6 Å². The van der Waals surface area contributed by atoms with Crippen molar-refractivity contribution in [3.05, 3.63) is 56.5 Å². The molecular weight excluding hydrogens is 375 g/mol. The summed E-state index contributed by atoms with van der Waals surface area (Å²) in [7, 11) is 0. The summed E-state index contributed by atoms with van der Waals surface area (Å²) >= 11 is 15.3. The Hall–Kier alpha value is -1.23. The summed E-state index contributed by atoms with van der Waals surface area (Å²) in [6, 6.07) is 10.8. The van der Waals surface area contributed by atoms with Crippen molar-refractivity contribution < 1.29 is 4.79 Å². The fourth-order valence-corrected chi connectivity index (χ4v) is 2.79. The SMILES string of the molecule is Cc1ccc(NC(=O)CNc2ccc(Cl)cc2Cl)c(Br)c1. The fraction of sp³-hybridized carbons (Fsp3) is 0.133. The van der Waals surface area contributed by atoms with Crippen LogP contribution >= 0.6 is 39.1 Å². The Morgan fingerprint density at radius 1 is 1.14 bits per heavy atom. The quantitative estimate of drug-likeness (QED) is 0.764. The highest BCUT2D eigenvalue weighted by molar-refractivity contribution is 9.10. The lowest BCUT2D eigenvalue weighted by atomic mass is 10.2. The van der Waals surface area contributed by atoms with Crippen LogP contribution in [0.4, 0.5) is 11.4 Å². The lowest BCUT2D eigenvalue weighted by Crippen LogP contribution is -2.22. The molecule has 2 rings (SSSR count). The molecule has 0 spiro atoms. The molecule has 0 radical (unpaired) electrons. The molecule has 0 aromatic heterocycles. The summed E-state index contributed by atoms with van der Waals surface area (Å²) in [4.78, 5) is 11.9. The molecule has 6 heteroatoms. The maximum absolute atomic E-state index is 11.9. The molecule has 0 bridgehead atoms. The van der Waals surface area contributed by atoms with Gasteiger partial charge in [-0.3, -0.25) is 4.79 Å². The van der Waals surface area contributed by atoms with Crippen molar-refractivity contribution in [3.63, 3.8) is 0 Å². The van der Waals surface area contributed by atoms with Gasteiger partial charge < -0.3 is 10.6 Å². The number of anilines is 2. The fourth-order valence-electron chi connectivity index (χ4n) is 1.72. The van der Waals surface area contributed by atoms with E-state index in [1.54, 1.807) is 18.2 Å². The van der Waals surface area contributed by atoms with Gasteiger partial charge in [0.25, 0.3) is 0 Å². The molecule has 110 valence electrons. The molecule has 0 heterocycles. The third-order valence-corrected chi connectivity index (χ3v) is 3.97. The summed E-state index contributed by atoms with van der Waals surface area (Å²) in [6.07, 6.45) is 0. The van der Waals surface area contributed by atoms with Crippen LogP contribution in [0.25, 0.3) is 0 Å². The van der Waals surface area contributed by atoms with Crippen LogP contribution in [0.2, 0.25) is 10.0 Å². The number of hydrogen-bond acceptors (Lipinski definition) is 2. The smallest absolute Gasteiger partial charge is 0.243 e. The molecule has 3 nitrogen and oxygen atoms in total. The van der Waals surface area contributed by atoms with Gasteiger partial charge in [-0.2, -0.15) is 0 Å². The molecule has 1 amide bonds. The lowest BCUT2D eigenvalue weighted by Gasteiger charge is -2.11. The normalized spacial score (nSPS) is 10.3. The summed E-state index contributed by atoms with van der Waals surface area (Å²) in [6.45, 7) is 2.10. The van der Waals surface area contributed by atoms with E-state index >= 15 is 0 Å². The van der Waals surface area contributed by atoms with E-state index in [4.69, 9.17) is 23.2 Å². The minimum atomic E-state index is -0.162. The number of benzene rings is 2. The Balaban J connectivity index is 1.96. The molecule has 0 saturated heterocycles. The van der Waals surface area contributed by atoms with E-state index in [2.05, 4.69) is 26.6 Å². The zero-order valence-electron chi connectivity index (χ0n) is 11.2. The van der Waals surface area contributed by atoms with Gasteiger partial charge in [-0.25, -0.2) is 0 Å². The number of carbonyl (C=O) groups is 1. The Morgan fingerprint density at radius 3 is 2.52 bits per heavy atom. The number of aryl methyl sites for hydroxylation is 1. The Labute approximate surface area is 141 Å². The molecule has 0 saturated carbocycles. The standard InChI is InChI=1S/C15H13BrCl2N2O/c1-9-2-4-13(11(16)6-9)20-15(21)8-19-14-5-3-10(17)7-12(14)18/h2-7,19H,8H2,1H3,(H,20,21). The first-order valence-electron chi connectivity index (χ1n) is 6.20. The van der Waals surface area contributed by atoms with E-state index in [0.717, 1.165) is 15.7 Å². The highest BCUT2D eigenvalue weighted by Crippen LogP contribution is 2.25. The molecule has 21 heavy (non-hydrogen) atoms. The number of halogens is 3. The molecular formula is C15H13BrCl2N2O. The van der Waals surface area contributed by atoms with Gasteiger partial charge in [-0.15, -0.1) is 0 Å². The van der Waals surface area contributed by atoms with Crippen molar-refractivity contribution in [1.82, 2.24) is 0 Å². The molecule has 0 unspecified atom stereocenters. The van der Waals surface area contributed by atoms with E-state index in [-0.39, 0.29) is 12.5 Å². The van der Waals surface area contributed by atoms with Crippen LogP contribution in [-0.4, -0.2) is 12.5 Å². The van der Waals surface area contributed by atoms with Crippen LogP contribution in [0.15, 0.2) is 40.9 Å². The molecule has 2 aromatic carbocycles. The van der Waals surface area contributed by atoms with Gasteiger partial charge in [0.15, 0.2) is 0 Å². The zero-order valence-corrected chi connectivity index (χ0v) is 14.3. The van der Waals surface area contributed by atoms with Crippen LogP contribution in [0.1, 0.15) is 5.56 Å². The van der Waals surface area contributed by atoms with E-state index in [0.29, 0.717) is 15.7 Å². The summed E-state index contributed by atoms with van der Waals surface area (Å²) < 4.78 is 0.848. The van der Waals surface area contributed by atoms with Gasteiger partial charge >= 0.3 is 0 Å². The summed E-state index contributed by atoms with van der Waals surface area (Å²) in [5.74, 6) is -0.162. The average Bonchev–Trinajstić information content (AvgIpc) is 2.41. The number of rotatable bonds is 4. The van der Waals surface area contributed by atoms with Gasteiger partial charge in [-0.1, -0.05) is 29.3 Å². The average molecular weight is 388 g/mol. The second-order valence-electron chi connectivity index (χ2n) is 4.51. The van der Waals surface area contributed by atoms with Gasteiger partial charge in [-0.05, 0) is 58.7 Å².